The lowest BCUT2D eigenvalue weighted by molar-refractivity contribution is -0.142. The third kappa shape index (κ3) is 3.24. The van der Waals surface area contributed by atoms with Crippen LogP contribution in [-0.4, -0.2) is 19.7 Å². The van der Waals surface area contributed by atoms with Crippen molar-refractivity contribution < 1.29 is 18.7 Å². The van der Waals surface area contributed by atoms with Gasteiger partial charge in [-0.05, 0) is 31.0 Å². The highest BCUT2D eigenvalue weighted by molar-refractivity contribution is 5.82. The van der Waals surface area contributed by atoms with Gasteiger partial charge in [-0.2, -0.15) is 0 Å². The van der Waals surface area contributed by atoms with E-state index in [2.05, 4.69) is 4.74 Å². The number of ether oxygens (including phenoxy) is 2. The molecule has 1 aromatic heterocycles. The van der Waals surface area contributed by atoms with Crippen molar-refractivity contribution in [2.24, 2.45) is 0 Å². The number of carbonyl (C=O) groups excluding carboxylic acids is 1. The van der Waals surface area contributed by atoms with Crippen molar-refractivity contribution in [1.82, 2.24) is 0 Å². The van der Waals surface area contributed by atoms with Crippen LogP contribution in [0.1, 0.15) is 24.5 Å². The third-order valence-electron chi connectivity index (χ3n) is 3.34. The van der Waals surface area contributed by atoms with Crippen LogP contribution in [0.5, 0.6) is 5.75 Å². The Morgan fingerprint density at radius 2 is 2.10 bits per heavy atom. The van der Waals surface area contributed by atoms with Crippen molar-refractivity contribution >= 4 is 16.9 Å². The predicted molar refractivity (Wildman–Crippen MR) is 78.7 cm³/mol. The summed E-state index contributed by atoms with van der Waals surface area (Å²) >= 11 is 0. The summed E-state index contributed by atoms with van der Waals surface area (Å²) in [5.41, 5.74) is 1.79. The standard InChI is InChI=1S/C16H18O5/c1-4-5-13-10(2)12-7-6-11(20-9-15(17)19-3)8-14(12)21-16(13)18/h6-8H,4-5,9H2,1-3H3. The van der Waals surface area contributed by atoms with Gasteiger partial charge in [-0.3, -0.25) is 0 Å². The zero-order valence-corrected chi connectivity index (χ0v) is 12.4. The number of esters is 1. The highest BCUT2D eigenvalue weighted by Crippen LogP contribution is 2.24. The molecule has 0 atom stereocenters. The molecule has 0 aliphatic heterocycles. The molecule has 112 valence electrons. The average Bonchev–Trinajstić information content (AvgIpc) is 2.48. The molecule has 2 aromatic rings. The van der Waals surface area contributed by atoms with E-state index in [-0.39, 0.29) is 12.2 Å². The minimum atomic E-state index is -0.467. The molecule has 0 bridgehead atoms. The maximum Gasteiger partial charge on any atom is 0.343 e. The number of fused-ring (bicyclic) bond motifs is 1. The van der Waals surface area contributed by atoms with E-state index in [4.69, 9.17) is 9.15 Å². The Bertz CT molecular complexity index is 714. The van der Waals surface area contributed by atoms with Gasteiger partial charge in [0.1, 0.15) is 11.3 Å². The summed E-state index contributed by atoms with van der Waals surface area (Å²) in [6.07, 6.45) is 1.59. The summed E-state index contributed by atoms with van der Waals surface area (Å²) in [6.45, 7) is 3.76. The molecular formula is C16H18O5. The summed E-state index contributed by atoms with van der Waals surface area (Å²) in [4.78, 5) is 23.0. The van der Waals surface area contributed by atoms with E-state index in [0.717, 1.165) is 17.4 Å². The van der Waals surface area contributed by atoms with E-state index >= 15 is 0 Å². The predicted octanol–water partition coefficient (Wildman–Crippen LogP) is 2.61. The summed E-state index contributed by atoms with van der Waals surface area (Å²) in [5, 5.41) is 0.878. The molecule has 5 nitrogen and oxygen atoms in total. The quantitative estimate of drug-likeness (QED) is 0.625. The Hall–Kier alpha value is -2.30. The van der Waals surface area contributed by atoms with Crippen LogP contribution in [0.3, 0.4) is 0 Å². The molecule has 0 amide bonds. The summed E-state index contributed by atoms with van der Waals surface area (Å²) in [7, 11) is 1.30. The lowest BCUT2D eigenvalue weighted by Crippen LogP contribution is -2.13. The van der Waals surface area contributed by atoms with Crippen molar-refractivity contribution in [3.8, 4) is 5.75 Å². The Morgan fingerprint density at radius 1 is 1.33 bits per heavy atom. The first-order chi connectivity index (χ1) is 10.1. The van der Waals surface area contributed by atoms with Gasteiger partial charge in [-0.1, -0.05) is 13.3 Å². The fourth-order valence-electron chi connectivity index (χ4n) is 2.20. The van der Waals surface area contributed by atoms with Crippen LogP contribution in [0.2, 0.25) is 0 Å². The lowest BCUT2D eigenvalue weighted by atomic mass is 10.0. The van der Waals surface area contributed by atoms with E-state index in [1.807, 2.05) is 19.9 Å². The largest absolute Gasteiger partial charge is 0.482 e. The van der Waals surface area contributed by atoms with Crippen molar-refractivity contribution in [2.45, 2.75) is 26.7 Å². The van der Waals surface area contributed by atoms with E-state index < -0.39 is 5.97 Å². The van der Waals surface area contributed by atoms with Crippen LogP contribution in [0.4, 0.5) is 0 Å². The van der Waals surface area contributed by atoms with Crippen LogP contribution >= 0.6 is 0 Å². The number of benzene rings is 1. The van der Waals surface area contributed by atoms with Gasteiger partial charge in [-0.15, -0.1) is 0 Å². The van der Waals surface area contributed by atoms with Crippen molar-refractivity contribution in [2.75, 3.05) is 13.7 Å². The Balaban J connectivity index is 2.38. The molecule has 1 aromatic carbocycles. The second kappa shape index (κ2) is 6.43. The first-order valence-electron chi connectivity index (χ1n) is 6.82. The molecule has 0 N–H and O–H groups in total. The zero-order valence-electron chi connectivity index (χ0n) is 12.4. The van der Waals surface area contributed by atoms with Gasteiger partial charge < -0.3 is 13.9 Å². The van der Waals surface area contributed by atoms with Gasteiger partial charge in [0.15, 0.2) is 6.61 Å². The second-order valence-electron chi connectivity index (χ2n) is 4.77. The first-order valence-corrected chi connectivity index (χ1v) is 6.82. The van der Waals surface area contributed by atoms with E-state index in [0.29, 0.717) is 23.3 Å². The number of carbonyl (C=O) groups is 1. The maximum absolute atomic E-state index is 12.0. The molecule has 0 saturated carbocycles. The van der Waals surface area contributed by atoms with E-state index in [1.54, 1.807) is 12.1 Å². The smallest absolute Gasteiger partial charge is 0.343 e. The van der Waals surface area contributed by atoms with Gasteiger partial charge in [0.25, 0.3) is 0 Å². The molecule has 0 aliphatic carbocycles. The zero-order chi connectivity index (χ0) is 15.4. The molecule has 0 aliphatic rings. The SMILES string of the molecule is CCCc1c(C)c2ccc(OCC(=O)OC)cc2oc1=O. The number of aryl methyl sites for hydroxylation is 1. The molecule has 0 saturated heterocycles. The van der Waals surface area contributed by atoms with E-state index in [1.165, 1.54) is 7.11 Å². The van der Waals surface area contributed by atoms with Gasteiger partial charge in [0.05, 0.1) is 7.11 Å². The van der Waals surface area contributed by atoms with Gasteiger partial charge in [0.2, 0.25) is 0 Å². The Morgan fingerprint density at radius 3 is 2.76 bits per heavy atom. The van der Waals surface area contributed by atoms with E-state index in [9.17, 15) is 9.59 Å². The monoisotopic (exact) mass is 290 g/mol. The number of rotatable bonds is 5. The fourth-order valence-corrected chi connectivity index (χ4v) is 2.20. The average molecular weight is 290 g/mol. The first kappa shape index (κ1) is 15.1. The molecule has 5 heteroatoms. The maximum atomic E-state index is 12.0. The summed E-state index contributed by atoms with van der Waals surface area (Å²) in [6, 6.07) is 5.19. The molecule has 0 radical (unpaired) electrons. The van der Waals surface area contributed by atoms with Crippen LogP contribution < -0.4 is 10.4 Å². The fraction of sp³-hybridized carbons (Fsp3) is 0.375. The molecular weight excluding hydrogens is 272 g/mol. The number of hydrogen-bond acceptors (Lipinski definition) is 5. The van der Waals surface area contributed by atoms with Crippen LogP contribution in [0, 0.1) is 6.92 Å². The van der Waals surface area contributed by atoms with Crippen LogP contribution in [-0.2, 0) is 16.0 Å². The minimum Gasteiger partial charge on any atom is -0.482 e. The molecule has 0 spiro atoms. The molecule has 0 fully saturated rings. The molecule has 2 rings (SSSR count). The van der Waals surface area contributed by atoms with Crippen LogP contribution in [0.25, 0.3) is 11.0 Å². The molecule has 0 unspecified atom stereocenters. The van der Waals surface area contributed by atoms with Gasteiger partial charge >= 0.3 is 11.6 Å². The Kier molecular flexibility index (Phi) is 4.62. The van der Waals surface area contributed by atoms with Crippen molar-refractivity contribution in [3.63, 3.8) is 0 Å². The highest BCUT2D eigenvalue weighted by atomic mass is 16.6. The number of methoxy groups -OCH3 is 1. The number of hydrogen-bond donors (Lipinski definition) is 0. The molecule has 1 heterocycles. The summed E-state index contributed by atoms with van der Waals surface area (Å²) in [5.74, 6) is -0.00952. The lowest BCUT2D eigenvalue weighted by Gasteiger charge is -2.09. The topological polar surface area (TPSA) is 65.7 Å². The van der Waals surface area contributed by atoms with Crippen molar-refractivity contribution in [3.05, 3.63) is 39.7 Å². The third-order valence-corrected chi connectivity index (χ3v) is 3.34. The minimum absolute atomic E-state index is 0.181. The molecule has 21 heavy (non-hydrogen) atoms. The van der Waals surface area contributed by atoms with Crippen molar-refractivity contribution in [1.29, 1.82) is 0 Å². The van der Waals surface area contributed by atoms with Gasteiger partial charge in [-0.25, -0.2) is 9.59 Å². The highest BCUT2D eigenvalue weighted by Gasteiger charge is 2.11. The Labute approximate surface area is 122 Å². The van der Waals surface area contributed by atoms with Gasteiger partial charge in [0, 0.05) is 17.0 Å². The summed E-state index contributed by atoms with van der Waals surface area (Å²) < 4.78 is 15.1. The normalized spacial score (nSPS) is 10.6. The second-order valence-corrected chi connectivity index (χ2v) is 4.77. The van der Waals surface area contributed by atoms with Crippen LogP contribution in [0.15, 0.2) is 27.4 Å².